The number of rotatable bonds is 8. The quantitative estimate of drug-likeness (QED) is 0.0722. The van der Waals surface area contributed by atoms with Crippen molar-refractivity contribution in [3.05, 3.63) is 175 Å². The summed E-state index contributed by atoms with van der Waals surface area (Å²) in [6, 6.07) is 32.9. The fourth-order valence-electron chi connectivity index (χ4n) is 12.8. The summed E-state index contributed by atoms with van der Waals surface area (Å²) in [5, 5.41) is 10.9. The zero-order chi connectivity index (χ0) is 57.6. The van der Waals surface area contributed by atoms with Gasteiger partial charge >= 0.3 is 0 Å². The van der Waals surface area contributed by atoms with Gasteiger partial charge in [0.15, 0.2) is 23.3 Å². The van der Waals surface area contributed by atoms with Gasteiger partial charge in [-0.3, -0.25) is 9.13 Å². The first-order chi connectivity index (χ1) is 39.9. The van der Waals surface area contributed by atoms with Crippen LogP contribution in [-0.4, -0.2) is 32.5 Å². The third-order valence-corrected chi connectivity index (χ3v) is 15.7. The van der Waals surface area contributed by atoms with Crippen molar-refractivity contribution in [2.75, 3.05) is 0 Å². The Morgan fingerprint density at radius 2 is 0.472 bits per heavy atom. The summed E-state index contributed by atoms with van der Waals surface area (Å²) in [4.78, 5) is 34.0. The lowest BCUT2D eigenvalue weighted by Gasteiger charge is -2.17. The van der Waals surface area contributed by atoms with Gasteiger partial charge in [-0.25, -0.2) is 30.0 Å². The predicted octanol–water partition coefficient (Wildman–Crippen LogP) is 14.5. The van der Waals surface area contributed by atoms with Gasteiger partial charge in [0, 0.05) is 96.2 Å². The maximum Gasteiger partial charge on any atom is 0.165 e. The normalized spacial score (nSPS) is 12.1. The molecule has 0 fully saturated rings. The van der Waals surface area contributed by atoms with E-state index in [2.05, 4.69) is 57.7 Å². The number of aromatic nitrogens is 2. The number of nitrogens with zero attached hydrogens (tertiary/aromatic N) is 8. The number of benzene rings is 8. The SMILES string of the molecule is C.C.C.C.C.C.C.C.CC.CC.CC.CC.NCc1c2c(c(CN)c3ccccc13)C1=Nc3c4c(CN)c5ccccc5c(CN)c4c4n3Cn3c(c5c(CN)c6ccccc6c(CN)c5c3=NC3=NC(=N4)c4c3c(CN)c3ccccc3c4CN)=NC2=N1. The van der Waals surface area contributed by atoms with Crippen molar-refractivity contribution < 1.29 is 0 Å². The molecule has 0 spiro atoms. The molecule has 14 rings (SSSR count). The standard InChI is InChI=1S/C57H50N16.4C2H6.8CH4/c58-17-34-26-9-1-2-10-27(26)35(18-59)43-42(34)50-66-51(43)69-55-48-40(23-64)32-15-7-8-16-33(32)41(24-65)49(48)57-71-53-45-37(20-61)29-12-4-3-11-28(29)36(19-60)44(45)52(67-53)70-56-47-39(22-63)31-14-6-5-13-30(31)38(21-62)46(47)54(68-50)72(56)25-73(55)57;4*1-2;;;;;;;;/h1-16H,17-25,58-65H2;4*1-2H3;8*1H4. The molecule has 4 aliphatic heterocycles. The van der Waals surface area contributed by atoms with Crippen LogP contribution in [0.3, 0.4) is 0 Å². The fraction of sp³-hybridized carbons (Fsp3) is 0.342. The second-order valence-electron chi connectivity index (χ2n) is 18.9. The lowest BCUT2D eigenvalue weighted by Crippen LogP contribution is -2.32. The second-order valence-corrected chi connectivity index (χ2v) is 18.9. The summed E-state index contributed by atoms with van der Waals surface area (Å²) in [6.45, 7) is 17.6. The van der Waals surface area contributed by atoms with E-state index < -0.39 is 0 Å². The Kier molecular flexibility index (Phi) is 27.5. The topological polar surface area (TPSA) is 292 Å². The molecule has 478 valence electrons. The Bertz CT molecular complexity index is 4180. The van der Waals surface area contributed by atoms with Crippen molar-refractivity contribution in [1.82, 2.24) is 9.13 Å². The molecular formula is C73H106N16. The molecule has 0 unspecified atom stereocenters. The van der Waals surface area contributed by atoms with Crippen LogP contribution in [0.15, 0.2) is 127 Å². The van der Waals surface area contributed by atoms with E-state index in [-0.39, 0.29) is 118 Å². The maximum atomic E-state index is 6.97. The molecule has 0 radical (unpaired) electrons. The molecule has 10 aromatic rings. The summed E-state index contributed by atoms with van der Waals surface area (Å²) in [7, 11) is 0. The zero-order valence-electron chi connectivity index (χ0n) is 47.8. The highest BCUT2D eigenvalue weighted by atomic mass is 15.3. The minimum Gasteiger partial charge on any atom is -0.326 e. The average Bonchev–Trinajstić information content (AvgIpc) is 1.57. The Balaban J connectivity index is 0.00000163. The average molecular weight is 1210 g/mol. The van der Waals surface area contributed by atoms with Gasteiger partial charge in [-0.15, -0.1) is 0 Å². The van der Waals surface area contributed by atoms with Crippen molar-refractivity contribution in [2.24, 2.45) is 75.8 Å². The van der Waals surface area contributed by atoms with Crippen LogP contribution >= 0.6 is 0 Å². The fourth-order valence-corrected chi connectivity index (χ4v) is 12.8. The van der Waals surface area contributed by atoms with E-state index >= 15 is 0 Å². The Morgan fingerprint density at radius 3 is 0.697 bits per heavy atom. The van der Waals surface area contributed by atoms with Crippen LogP contribution in [0.1, 0.15) is 182 Å². The summed E-state index contributed by atoms with van der Waals surface area (Å²) < 4.78 is 4.25. The number of hydrogen-bond acceptors (Lipinski definition) is 14. The molecule has 89 heavy (non-hydrogen) atoms. The highest BCUT2D eigenvalue weighted by Crippen LogP contribution is 2.48. The van der Waals surface area contributed by atoms with Crippen molar-refractivity contribution in [3.63, 3.8) is 0 Å². The first kappa shape index (κ1) is 76.9. The van der Waals surface area contributed by atoms with Crippen molar-refractivity contribution in [2.45, 2.75) is 174 Å². The van der Waals surface area contributed by atoms with E-state index in [4.69, 9.17) is 75.8 Å². The van der Waals surface area contributed by atoms with Gasteiger partial charge in [-0.05, 0) is 87.6 Å². The van der Waals surface area contributed by atoms with Gasteiger partial charge in [0.25, 0.3) is 0 Å². The smallest absolute Gasteiger partial charge is 0.165 e. The van der Waals surface area contributed by atoms with E-state index in [1.54, 1.807) is 0 Å². The third kappa shape index (κ3) is 11.2. The van der Waals surface area contributed by atoms with Crippen LogP contribution in [0.4, 0.5) is 11.6 Å². The minimum atomic E-state index is 0. The Hall–Kier alpha value is -8.16. The molecule has 0 aliphatic carbocycles. The molecule has 0 atom stereocenters. The molecular weight excluding hydrogens is 1100 g/mol. The highest BCUT2D eigenvalue weighted by Gasteiger charge is 2.37. The molecule has 6 bridgehead atoms. The van der Waals surface area contributed by atoms with Crippen LogP contribution in [0.25, 0.3) is 64.6 Å². The highest BCUT2D eigenvalue weighted by molar-refractivity contribution is 6.30. The summed E-state index contributed by atoms with van der Waals surface area (Å²) >= 11 is 0. The van der Waals surface area contributed by atoms with Gasteiger partial charge in [0.2, 0.25) is 0 Å². The minimum absolute atomic E-state index is 0. The lowest BCUT2D eigenvalue weighted by molar-refractivity contribution is 0.583. The van der Waals surface area contributed by atoms with Gasteiger partial charge in [0.1, 0.15) is 29.3 Å². The number of nitrogens with two attached hydrogens (primary N) is 8. The van der Waals surface area contributed by atoms with Gasteiger partial charge < -0.3 is 45.9 Å². The van der Waals surface area contributed by atoms with E-state index in [1.165, 1.54) is 0 Å². The van der Waals surface area contributed by atoms with E-state index in [0.29, 0.717) is 46.0 Å². The van der Waals surface area contributed by atoms with E-state index in [9.17, 15) is 0 Å². The van der Waals surface area contributed by atoms with Crippen molar-refractivity contribution in [1.29, 1.82) is 0 Å². The van der Waals surface area contributed by atoms with E-state index in [0.717, 1.165) is 131 Å². The van der Waals surface area contributed by atoms with Crippen LogP contribution in [0, 0.1) is 0 Å². The maximum absolute atomic E-state index is 6.97. The molecule has 16 heteroatoms. The second kappa shape index (κ2) is 31.8. The van der Waals surface area contributed by atoms with Crippen LogP contribution in [0.2, 0.25) is 0 Å². The molecule has 0 amide bonds. The summed E-state index contributed by atoms with van der Waals surface area (Å²) in [6.07, 6.45) is 0. The zero-order valence-corrected chi connectivity index (χ0v) is 47.8. The first-order valence-electron chi connectivity index (χ1n) is 28.6. The summed E-state index contributed by atoms with van der Waals surface area (Å²) in [5.74, 6) is 2.87. The molecule has 16 N–H and O–H groups in total. The monoisotopic (exact) mass is 1210 g/mol. The molecule has 16 nitrogen and oxygen atoms in total. The molecule has 6 heterocycles. The number of amidine groups is 4. The van der Waals surface area contributed by atoms with Crippen LogP contribution < -0.4 is 56.8 Å². The molecule has 4 aliphatic rings. The Labute approximate surface area is 530 Å². The predicted molar refractivity (Wildman–Crippen MR) is 392 cm³/mol. The number of fused-ring (bicyclic) bond motifs is 18. The van der Waals surface area contributed by atoms with Gasteiger partial charge in [-0.2, -0.15) is 0 Å². The first-order valence-corrected chi connectivity index (χ1v) is 28.6. The van der Waals surface area contributed by atoms with Crippen molar-refractivity contribution in [3.8, 4) is 0 Å². The third-order valence-electron chi connectivity index (χ3n) is 15.7. The van der Waals surface area contributed by atoms with Gasteiger partial charge in [-0.1, -0.05) is 212 Å². The van der Waals surface area contributed by atoms with Crippen molar-refractivity contribution >= 4 is 99.6 Å². The molecule has 8 aromatic carbocycles. The van der Waals surface area contributed by atoms with Crippen LogP contribution in [0.5, 0.6) is 0 Å². The molecule has 0 saturated heterocycles. The molecule has 2 aromatic heterocycles. The van der Waals surface area contributed by atoms with Crippen LogP contribution in [-0.2, 0) is 59.0 Å². The summed E-state index contributed by atoms with van der Waals surface area (Å²) in [5.41, 5.74) is 66.4. The van der Waals surface area contributed by atoms with E-state index in [1.807, 2.05) is 104 Å². The molecule has 0 saturated carbocycles. The lowest BCUT2D eigenvalue weighted by atomic mass is 9.89. The number of aliphatic imine (C=N–C) groups is 4. The Morgan fingerprint density at radius 1 is 0.270 bits per heavy atom. The number of hydrogen-bond donors (Lipinski definition) is 8. The largest absolute Gasteiger partial charge is 0.326 e. The van der Waals surface area contributed by atoms with Gasteiger partial charge in [0.05, 0.1) is 0 Å².